The van der Waals surface area contributed by atoms with E-state index in [2.05, 4.69) is 17.1 Å². The summed E-state index contributed by atoms with van der Waals surface area (Å²) in [5.74, 6) is 0.0139. The lowest BCUT2D eigenvalue weighted by Gasteiger charge is -2.29. The first-order chi connectivity index (χ1) is 12.7. The van der Waals surface area contributed by atoms with Crippen LogP contribution in [0.5, 0.6) is 0 Å². The number of carbonyl (C=O) groups excluding carboxylic acids is 1. The molecule has 1 aliphatic heterocycles. The topological polar surface area (TPSA) is 65.5 Å². The van der Waals surface area contributed by atoms with Gasteiger partial charge in [-0.05, 0) is 25.5 Å². The van der Waals surface area contributed by atoms with Gasteiger partial charge in [-0.25, -0.2) is 0 Å². The van der Waals surface area contributed by atoms with Crippen LogP contribution in [0, 0.1) is 0 Å². The van der Waals surface area contributed by atoms with Crippen molar-refractivity contribution >= 4 is 16.8 Å². The van der Waals surface area contributed by atoms with Crippen LogP contribution in [0.3, 0.4) is 0 Å². The Morgan fingerprint density at radius 3 is 2.85 bits per heavy atom. The maximum atomic E-state index is 13.0. The van der Waals surface area contributed by atoms with Crippen molar-refractivity contribution in [3.05, 3.63) is 41.1 Å². The van der Waals surface area contributed by atoms with Gasteiger partial charge in [-0.3, -0.25) is 14.7 Å². The van der Waals surface area contributed by atoms with Crippen molar-refractivity contribution in [2.45, 2.75) is 45.6 Å². The molecule has 0 unspecified atom stereocenters. The summed E-state index contributed by atoms with van der Waals surface area (Å²) in [7, 11) is 0. The number of fused-ring (bicyclic) bond motifs is 2. The van der Waals surface area contributed by atoms with E-state index in [-0.39, 0.29) is 12.5 Å². The third-order valence-corrected chi connectivity index (χ3v) is 5.17. The smallest absolute Gasteiger partial charge is 0.252 e. The van der Waals surface area contributed by atoms with Crippen molar-refractivity contribution in [2.75, 3.05) is 26.2 Å². The fourth-order valence-corrected chi connectivity index (χ4v) is 3.66. The fraction of sp³-hybridized carbons (Fsp3) is 0.524. The van der Waals surface area contributed by atoms with E-state index in [9.17, 15) is 4.79 Å². The molecule has 5 nitrogen and oxygen atoms in total. The van der Waals surface area contributed by atoms with Gasteiger partial charge < -0.3 is 10.4 Å². The first kappa shape index (κ1) is 18.8. The molecule has 0 radical (unpaired) electrons. The summed E-state index contributed by atoms with van der Waals surface area (Å²) in [6, 6.07) is 7.95. The number of hydrogen-bond acceptors (Lipinski definition) is 4. The Balaban J connectivity index is 1.82. The summed E-state index contributed by atoms with van der Waals surface area (Å²) in [4.78, 5) is 20.2. The highest BCUT2D eigenvalue weighted by molar-refractivity contribution is 6.07. The summed E-state index contributed by atoms with van der Waals surface area (Å²) in [5.41, 5.74) is 3.87. The highest BCUT2D eigenvalue weighted by atomic mass is 16.2. The Labute approximate surface area is 155 Å². The fourth-order valence-electron chi connectivity index (χ4n) is 3.66. The first-order valence-electron chi connectivity index (χ1n) is 9.76. The highest BCUT2D eigenvalue weighted by Crippen LogP contribution is 2.28. The van der Waals surface area contributed by atoms with E-state index < -0.39 is 0 Å². The monoisotopic (exact) mass is 355 g/mol. The zero-order chi connectivity index (χ0) is 18.4. The number of rotatable bonds is 8. The van der Waals surface area contributed by atoms with E-state index in [1.807, 2.05) is 24.3 Å². The number of hydrogen-bond donors (Lipinski definition) is 2. The maximum absolute atomic E-state index is 13.0. The Kier molecular flexibility index (Phi) is 6.58. The molecule has 0 aliphatic carbocycles. The SMILES string of the molecule is CCN1CCc2nc3ccccc3c(C(=O)NCCCCCCO)c2C1. The molecule has 1 aliphatic rings. The number of nitrogens with zero attached hydrogens (tertiary/aromatic N) is 2. The second kappa shape index (κ2) is 9.10. The average Bonchev–Trinajstić information content (AvgIpc) is 2.68. The minimum absolute atomic E-state index is 0.0139. The van der Waals surface area contributed by atoms with Crippen LogP contribution in [0.4, 0.5) is 0 Å². The molecule has 2 heterocycles. The Hall–Kier alpha value is -1.98. The van der Waals surface area contributed by atoms with Gasteiger partial charge in [0.15, 0.2) is 0 Å². The Bertz CT molecular complexity index is 760. The number of carbonyl (C=O) groups is 1. The van der Waals surface area contributed by atoms with Crippen molar-refractivity contribution in [3.63, 3.8) is 0 Å². The lowest BCUT2D eigenvalue weighted by atomic mass is 9.95. The van der Waals surface area contributed by atoms with E-state index >= 15 is 0 Å². The first-order valence-corrected chi connectivity index (χ1v) is 9.76. The predicted octanol–water partition coefficient (Wildman–Crippen LogP) is 2.90. The van der Waals surface area contributed by atoms with Gasteiger partial charge in [-0.1, -0.05) is 38.0 Å². The van der Waals surface area contributed by atoms with Gasteiger partial charge >= 0.3 is 0 Å². The van der Waals surface area contributed by atoms with Crippen LogP contribution >= 0.6 is 0 Å². The van der Waals surface area contributed by atoms with E-state index in [4.69, 9.17) is 10.1 Å². The summed E-state index contributed by atoms with van der Waals surface area (Å²) in [5, 5.41) is 12.9. The molecule has 2 N–H and O–H groups in total. The van der Waals surface area contributed by atoms with Crippen molar-refractivity contribution in [2.24, 2.45) is 0 Å². The van der Waals surface area contributed by atoms with Crippen LogP contribution in [0.15, 0.2) is 24.3 Å². The molecule has 0 fully saturated rings. The number of aliphatic hydroxyl groups is 1. The van der Waals surface area contributed by atoms with Crippen molar-refractivity contribution in [1.29, 1.82) is 0 Å². The van der Waals surface area contributed by atoms with Crippen molar-refractivity contribution < 1.29 is 9.90 Å². The van der Waals surface area contributed by atoms with Crippen LogP contribution in [0.1, 0.15) is 54.2 Å². The molecule has 140 valence electrons. The minimum Gasteiger partial charge on any atom is -0.396 e. The van der Waals surface area contributed by atoms with Crippen LogP contribution in [-0.2, 0) is 13.0 Å². The molecule has 0 saturated heterocycles. The van der Waals surface area contributed by atoms with Crippen molar-refractivity contribution in [1.82, 2.24) is 15.2 Å². The number of unbranched alkanes of at least 4 members (excludes halogenated alkanes) is 3. The van der Waals surface area contributed by atoms with E-state index in [0.29, 0.717) is 6.54 Å². The van der Waals surface area contributed by atoms with Gasteiger partial charge in [0.2, 0.25) is 0 Å². The van der Waals surface area contributed by atoms with Gasteiger partial charge in [0, 0.05) is 49.3 Å². The summed E-state index contributed by atoms with van der Waals surface area (Å²) in [6.45, 7) is 5.86. The molecular formula is C21H29N3O2. The molecule has 0 spiro atoms. The molecule has 5 heteroatoms. The summed E-state index contributed by atoms with van der Waals surface area (Å²) >= 11 is 0. The van der Waals surface area contributed by atoms with E-state index in [1.54, 1.807) is 0 Å². The predicted molar refractivity (Wildman–Crippen MR) is 104 cm³/mol. The van der Waals surface area contributed by atoms with Crippen LogP contribution < -0.4 is 5.32 Å². The second-order valence-corrected chi connectivity index (χ2v) is 6.94. The Morgan fingerprint density at radius 1 is 1.23 bits per heavy atom. The number of nitrogens with one attached hydrogen (secondary N) is 1. The normalized spacial score (nSPS) is 14.4. The van der Waals surface area contributed by atoms with Gasteiger partial charge in [-0.15, -0.1) is 0 Å². The van der Waals surface area contributed by atoms with Crippen molar-refractivity contribution in [3.8, 4) is 0 Å². The van der Waals surface area contributed by atoms with E-state index in [0.717, 1.165) is 79.5 Å². The van der Waals surface area contributed by atoms with Crippen LogP contribution in [-0.4, -0.2) is 47.1 Å². The van der Waals surface area contributed by atoms with E-state index in [1.165, 1.54) is 0 Å². The number of amides is 1. The zero-order valence-electron chi connectivity index (χ0n) is 15.6. The molecule has 2 aromatic rings. The highest BCUT2D eigenvalue weighted by Gasteiger charge is 2.24. The number of aromatic nitrogens is 1. The zero-order valence-corrected chi connectivity index (χ0v) is 15.6. The standard InChI is InChI=1S/C21H29N3O2/c1-2-24-13-11-19-17(15-24)20(16-9-5-6-10-18(16)23-19)21(26)22-12-7-3-4-8-14-25/h5-6,9-10,25H,2-4,7-8,11-15H2,1H3,(H,22,26). The lowest BCUT2D eigenvalue weighted by Crippen LogP contribution is -2.34. The third kappa shape index (κ3) is 4.22. The Morgan fingerprint density at radius 2 is 2.04 bits per heavy atom. The molecule has 1 amide bonds. The van der Waals surface area contributed by atoms with Crippen LogP contribution in [0.25, 0.3) is 10.9 Å². The molecule has 3 rings (SSSR count). The molecule has 0 saturated carbocycles. The van der Waals surface area contributed by atoms with Gasteiger partial charge in [0.05, 0.1) is 11.1 Å². The van der Waals surface area contributed by atoms with Gasteiger partial charge in [0.25, 0.3) is 5.91 Å². The molecule has 26 heavy (non-hydrogen) atoms. The lowest BCUT2D eigenvalue weighted by molar-refractivity contribution is 0.0951. The molecule has 1 aromatic carbocycles. The molecule has 1 aromatic heterocycles. The molecule has 0 atom stereocenters. The molecular weight excluding hydrogens is 326 g/mol. The van der Waals surface area contributed by atoms with Gasteiger partial charge in [-0.2, -0.15) is 0 Å². The number of para-hydroxylation sites is 1. The number of pyridine rings is 1. The second-order valence-electron chi connectivity index (χ2n) is 6.94. The summed E-state index contributed by atoms with van der Waals surface area (Å²) in [6.07, 6.45) is 4.71. The minimum atomic E-state index is 0.0139. The average molecular weight is 355 g/mol. The third-order valence-electron chi connectivity index (χ3n) is 5.17. The summed E-state index contributed by atoms with van der Waals surface area (Å²) < 4.78 is 0. The van der Waals surface area contributed by atoms with Crippen LogP contribution in [0.2, 0.25) is 0 Å². The number of aliphatic hydroxyl groups excluding tert-OH is 1. The van der Waals surface area contributed by atoms with Gasteiger partial charge in [0.1, 0.15) is 0 Å². The molecule has 0 bridgehead atoms. The number of likely N-dealkylation sites (N-methyl/N-ethyl adjacent to an activating group) is 1. The quantitative estimate of drug-likeness (QED) is 0.715. The maximum Gasteiger partial charge on any atom is 0.252 e. The largest absolute Gasteiger partial charge is 0.396 e. The number of benzene rings is 1.